The van der Waals surface area contributed by atoms with Crippen LogP contribution in [0.2, 0.25) is 5.02 Å². The van der Waals surface area contributed by atoms with Gasteiger partial charge in [0.2, 0.25) is 5.95 Å². The van der Waals surface area contributed by atoms with Gasteiger partial charge < -0.3 is 15.1 Å². The van der Waals surface area contributed by atoms with Gasteiger partial charge >= 0.3 is 0 Å². The zero-order valence-corrected chi connectivity index (χ0v) is 16.1. The van der Waals surface area contributed by atoms with Crippen molar-refractivity contribution in [1.82, 2.24) is 9.97 Å². The summed E-state index contributed by atoms with van der Waals surface area (Å²) < 4.78 is 0. The Kier molecular flexibility index (Phi) is 5.46. The molecule has 1 atom stereocenters. The molecule has 0 radical (unpaired) electrons. The van der Waals surface area contributed by atoms with Gasteiger partial charge in [0.1, 0.15) is 0 Å². The second kappa shape index (κ2) is 8.17. The van der Waals surface area contributed by atoms with Gasteiger partial charge in [-0.2, -0.15) is 0 Å². The molecule has 2 aromatic carbocycles. The van der Waals surface area contributed by atoms with E-state index < -0.39 is 6.10 Å². The van der Waals surface area contributed by atoms with Crippen LogP contribution >= 0.6 is 11.6 Å². The Morgan fingerprint density at radius 1 is 0.964 bits per heavy atom. The smallest absolute Gasteiger partial charge is 0.225 e. The highest BCUT2D eigenvalue weighted by atomic mass is 35.5. The number of aromatic nitrogens is 2. The average Bonchev–Trinajstić information content (AvgIpc) is 2.74. The Bertz CT molecular complexity index is 923. The maximum Gasteiger partial charge on any atom is 0.225 e. The molecule has 0 unspecified atom stereocenters. The minimum Gasteiger partial charge on any atom is -0.505 e. The van der Waals surface area contributed by atoms with Gasteiger partial charge in [-0.05, 0) is 47.6 Å². The van der Waals surface area contributed by atoms with Crippen LogP contribution in [0.1, 0.15) is 24.5 Å². The van der Waals surface area contributed by atoms with E-state index in [4.69, 9.17) is 11.6 Å². The second-order valence-corrected chi connectivity index (χ2v) is 7.58. The summed E-state index contributed by atoms with van der Waals surface area (Å²) in [6, 6.07) is 15.8. The molecule has 5 nitrogen and oxygen atoms in total. The maximum absolute atomic E-state index is 10.8. The third-order valence-corrected chi connectivity index (χ3v) is 5.54. The van der Waals surface area contributed by atoms with Crippen molar-refractivity contribution < 1.29 is 10.2 Å². The van der Waals surface area contributed by atoms with Crippen LogP contribution in [0.4, 0.5) is 5.95 Å². The normalized spacial score (nSPS) is 16.1. The van der Waals surface area contributed by atoms with E-state index in [2.05, 4.69) is 14.9 Å². The molecule has 144 valence electrons. The van der Waals surface area contributed by atoms with Gasteiger partial charge in [0, 0.05) is 18.1 Å². The fourth-order valence-corrected chi connectivity index (χ4v) is 3.90. The second-order valence-electron chi connectivity index (χ2n) is 7.14. The number of anilines is 1. The number of rotatable bonds is 4. The van der Waals surface area contributed by atoms with E-state index in [9.17, 15) is 10.2 Å². The van der Waals surface area contributed by atoms with Crippen LogP contribution in [0, 0.1) is 5.92 Å². The highest BCUT2D eigenvalue weighted by Crippen LogP contribution is 2.33. The van der Waals surface area contributed by atoms with E-state index in [1.807, 2.05) is 48.5 Å². The summed E-state index contributed by atoms with van der Waals surface area (Å²) in [6.45, 7) is 1.57. The van der Waals surface area contributed by atoms with Crippen molar-refractivity contribution in [3.63, 3.8) is 0 Å². The number of hydrogen-bond donors (Lipinski definition) is 2. The van der Waals surface area contributed by atoms with E-state index in [-0.39, 0.29) is 11.7 Å². The molecular weight excluding hydrogens is 374 g/mol. The lowest BCUT2D eigenvalue weighted by Crippen LogP contribution is -2.36. The molecule has 2 N–H and O–H groups in total. The van der Waals surface area contributed by atoms with Crippen LogP contribution in [0.25, 0.3) is 11.1 Å². The lowest BCUT2D eigenvalue weighted by molar-refractivity contribution is 0.0928. The molecular formula is C22H22ClN3O2. The minimum absolute atomic E-state index is 0.0651. The van der Waals surface area contributed by atoms with Crippen molar-refractivity contribution in [1.29, 1.82) is 0 Å². The Balaban J connectivity index is 1.40. The summed E-state index contributed by atoms with van der Waals surface area (Å²) in [5, 5.41) is 20.9. The predicted molar refractivity (Wildman–Crippen MR) is 110 cm³/mol. The highest BCUT2D eigenvalue weighted by molar-refractivity contribution is 6.30. The minimum atomic E-state index is -0.490. The molecule has 1 saturated heterocycles. The monoisotopic (exact) mass is 395 g/mol. The van der Waals surface area contributed by atoms with Crippen LogP contribution in [-0.2, 0) is 0 Å². The predicted octanol–water partition coefficient (Wildman–Crippen LogP) is 4.45. The topological polar surface area (TPSA) is 69.5 Å². The van der Waals surface area contributed by atoms with Gasteiger partial charge in [-0.15, -0.1) is 0 Å². The number of halogens is 1. The van der Waals surface area contributed by atoms with E-state index >= 15 is 0 Å². The lowest BCUT2D eigenvalue weighted by atomic mass is 9.87. The lowest BCUT2D eigenvalue weighted by Gasteiger charge is -2.34. The third-order valence-electron chi connectivity index (χ3n) is 5.30. The summed E-state index contributed by atoms with van der Waals surface area (Å²) in [6.07, 6.45) is 4.05. The van der Waals surface area contributed by atoms with E-state index in [1.165, 1.54) is 12.4 Å². The van der Waals surface area contributed by atoms with Crippen molar-refractivity contribution in [3.8, 4) is 16.9 Å². The van der Waals surface area contributed by atoms with Crippen molar-refractivity contribution in [2.24, 2.45) is 5.92 Å². The molecule has 1 fully saturated rings. The molecule has 28 heavy (non-hydrogen) atoms. The molecule has 0 aliphatic carbocycles. The summed E-state index contributed by atoms with van der Waals surface area (Å²) in [7, 11) is 0. The van der Waals surface area contributed by atoms with E-state index in [0.29, 0.717) is 11.0 Å². The van der Waals surface area contributed by atoms with Crippen LogP contribution < -0.4 is 4.90 Å². The van der Waals surface area contributed by atoms with Crippen molar-refractivity contribution in [2.75, 3.05) is 18.0 Å². The van der Waals surface area contributed by atoms with Crippen LogP contribution in [0.5, 0.6) is 5.75 Å². The standard InChI is InChI=1S/C22H22ClN3O2/c23-19-3-1-2-18(12-19)15-4-6-16(7-5-15)21(28)17-8-10-26(11-9-17)22-24-13-20(27)14-25-22/h1-7,12-14,17,21,27-28H,8-11H2/t21-/m0/s1. The molecule has 0 saturated carbocycles. The molecule has 3 aromatic rings. The van der Waals surface area contributed by atoms with Gasteiger partial charge in [-0.1, -0.05) is 48.0 Å². The van der Waals surface area contributed by atoms with Crippen LogP contribution in [-0.4, -0.2) is 33.3 Å². The molecule has 1 aliphatic rings. The van der Waals surface area contributed by atoms with Crippen molar-refractivity contribution in [3.05, 3.63) is 71.5 Å². The van der Waals surface area contributed by atoms with Gasteiger partial charge in [0.05, 0.1) is 18.5 Å². The number of hydrogen-bond acceptors (Lipinski definition) is 5. The van der Waals surface area contributed by atoms with E-state index in [1.54, 1.807) is 0 Å². The number of aliphatic hydroxyl groups is 1. The van der Waals surface area contributed by atoms with Gasteiger partial charge in [-0.3, -0.25) is 0 Å². The Morgan fingerprint density at radius 3 is 2.29 bits per heavy atom. The van der Waals surface area contributed by atoms with Crippen molar-refractivity contribution >= 4 is 17.5 Å². The highest BCUT2D eigenvalue weighted by Gasteiger charge is 2.27. The van der Waals surface area contributed by atoms with Crippen LogP contribution in [0.3, 0.4) is 0 Å². The number of benzene rings is 2. The molecule has 0 bridgehead atoms. The zero-order valence-electron chi connectivity index (χ0n) is 15.4. The largest absolute Gasteiger partial charge is 0.505 e. The third kappa shape index (κ3) is 4.11. The molecule has 2 heterocycles. The average molecular weight is 396 g/mol. The molecule has 4 rings (SSSR count). The molecule has 0 spiro atoms. The quantitative estimate of drug-likeness (QED) is 0.682. The maximum atomic E-state index is 10.8. The molecule has 6 heteroatoms. The fourth-order valence-electron chi connectivity index (χ4n) is 3.71. The van der Waals surface area contributed by atoms with Gasteiger partial charge in [0.25, 0.3) is 0 Å². The summed E-state index contributed by atoms with van der Waals surface area (Å²) >= 11 is 6.08. The Labute approximate surface area is 169 Å². The fraction of sp³-hybridized carbons (Fsp3) is 0.273. The molecule has 1 aliphatic heterocycles. The number of nitrogens with zero attached hydrogens (tertiary/aromatic N) is 3. The number of aliphatic hydroxyl groups excluding tert-OH is 1. The number of piperidine rings is 1. The number of aromatic hydroxyl groups is 1. The van der Waals surface area contributed by atoms with E-state index in [0.717, 1.165) is 42.6 Å². The first-order valence-corrected chi connectivity index (χ1v) is 9.78. The van der Waals surface area contributed by atoms with Crippen molar-refractivity contribution in [2.45, 2.75) is 18.9 Å². The molecule has 0 amide bonds. The Morgan fingerprint density at radius 2 is 1.64 bits per heavy atom. The van der Waals surface area contributed by atoms with Crippen LogP contribution in [0.15, 0.2) is 60.9 Å². The first kappa shape index (κ1) is 18.7. The zero-order chi connectivity index (χ0) is 19.5. The summed E-state index contributed by atoms with van der Waals surface area (Å²) in [5.74, 6) is 0.886. The summed E-state index contributed by atoms with van der Waals surface area (Å²) in [5.41, 5.74) is 3.08. The first-order chi connectivity index (χ1) is 13.6. The SMILES string of the molecule is Oc1cnc(N2CCC([C@@H](O)c3ccc(-c4cccc(Cl)c4)cc3)CC2)nc1. The Hall–Kier alpha value is -2.63. The summed E-state index contributed by atoms with van der Waals surface area (Å²) in [4.78, 5) is 10.4. The molecule has 1 aromatic heterocycles. The van der Waals surface area contributed by atoms with Gasteiger partial charge in [0.15, 0.2) is 5.75 Å². The van der Waals surface area contributed by atoms with Gasteiger partial charge in [-0.25, -0.2) is 9.97 Å². The first-order valence-electron chi connectivity index (χ1n) is 9.40.